The maximum absolute atomic E-state index is 15.2. The van der Waals surface area contributed by atoms with Crippen molar-refractivity contribution >= 4 is 61.0 Å². The number of alkyl carbamates (subject to hydrolysis) is 1. The van der Waals surface area contributed by atoms with Crippen LogP contribution in [0.3, 0.4) is 0 Å². The maximum atomic E-state index is 15.2. The Labute approximate surface area is 363 Å². The topological polar surface area (TPSA) is 150 Å². The van der Waals surface area contributed by atoms with E-state index in [4.69, 9.17) is 30.8 Å². The van der Waals surface area contributed by atoms with Gasteiger partial charge in [0.05, 0.1) is 70.7 Å². The standard InChI is InChI=1S/C44H48ClF2N7O7S/c1-25-22-52(23-26(2)60-25)31-11-14-33-35(21-31)48-40(36(49-43(56)61-44(3,4)5)19-28-17-29(46)20-30(47)18-28)54(42(33)55)37-16-15-34(45)38-39(37)51(6)50-41(38)53(62(8,57)58)24-27-9-12-32(59-7)13-10-27/h9-18,20-21,25-26,36H,19,22-24H2,1-8H3,(H,49,56)/t25-,26+,36-/m0/s1. The van der Waals surface area contributed by atoms with Crippen molar-refractivity contribution in [3.8, 4) is 11.4 Å². The fourth-order valence-corrected chi connectivity index (χ4v) is 8.87. The molecular weight excluding hydrogens is 844 g/mol. The molecule has 1 saturated heterocycles. The van der Waals surface area contributed by atoms with E-state index in [1.165, 1.54) is 22.4 Å². The maximum Gasteiger partial charge on any atom is 0.408 e. The molecule has 1 fully saturated rings. The number of amides is 1. The molecule has 7 rings (SSSR count). The number of methoxy groups -OCH3 is 1. The summed E-state index contributed by atoms with van der Waals surface area (Å²) in [6.45, 7) is 10.1. The van der Waals surface area contributed by atoms with Gasteiger partial charge >= 0.3 is 6.09 Å². The van der Waals surface area contributed by atoms with E-state index in [0.717, 1.165) is 34.4 Å². The lowest BCUT2D eigenvalue weighted by Crippen LogP contribution is -2.45. The minimum atomic E-state index is -4.00. The molecule has 328 valence electrons. The molecule has 0 saturated carbocycles. The number of anilines is 2. The molecule has 0 spiro atoms. The van der Waals surface area contributed by atoms with Crippen LogP contribution >= 0.6 is 11.6 Å². The van der Waals surface area contributed by atoms with Crippen LogP contribution in [-0.2, 0) is 39.5 Å². The quantitative estimate of drug-likeness (QED) is 0.138. The molecule has 1 aliphatic rings. The first-order chi connectivity index (χ1) is 29.2. The van der Waals surface area contributed by atoms with Crippen LogP contribution in [0.4, 0.5) is 25.1 Å². The average Bonchev–Trinajstić information content (AvgIpc) is 3.52. The van der Waals surface area contributed by atoms with Gasteiger partial charge in [-0.2, -0.15) is 5.10 Å². The molecule has 6 aromatic rings. The largest absolute Gasteiger partial charge is 0.497 e. The summed E-state index contributed by atoms with van der Waals surface area (Å²) in [6.07, 6.45) is -0.186. The second-order valence-corrected chi connectivity index (χ2v) is 18.8. The number of morpholine rings is 1. The zero-order valence-electron chi connectivity index (χ0n) is 35.6. The Kier molecular flexibility index (Phi) is 12.3. The first-order valence-corrected chi connectivity index (χ1v) is 22.1. The molecule has 1 aliphatic heterocycles. The number of nitrogens with zero attached hydrogens (tertiary/aromatic N) is 6. The first-order valence-electron chi connectivity index (χ1n) is 19.9. The molecule has 3 atom stereocenters. The van der Waals surface area contributed by atoms with Gasteiger partial charge in [-0.3, -0.25) is 14.0 Å². The number of rotatable bonds is 11. The molecule has 2 aromatic heterocycles. The van der Waals surface area contributed by atoms with Crippen LogP contribution in [0.1, 0.15) is 57.6 Å². The summed E-state index contributed by atoms with van der Waals surface area (Å²) < 4.78 is 77.3. The van der Waals surface area contributed by atoms with Gasteiger partial charge < -0.3 is 24.4 Å². The number of hydrogen-bond acceptors (Lipinski definition) is 10. The van der Waals surface area contributed by atoms with E-state index in [9.17, 15) is 22.0 Å². The van der Waals surface area contributed by atoms with Crippen molar-refractivity contribution in [1.29, 1.82) is 0 Å². The SMILES string of the molecule is COc1ccc(CN(c2nn(C)c3c(-n4c([C@H](Cc5cc(F)cc(F)c5)NC(=O)OC(C)(C)C)nc5cc(N6C[C@@H](C)O[C@@H](C)C6)ccc5c4=O)ccc(Cl)c23)S(C)(=O)=O)cc1. The van der Waals surface area contributed by atoms with E-state index in [1.807, 2.05) is 19.9 Å². The summed E-state index contributed by atoms with van der Waals surface area (Å²) in [5, 5.41) is 8.06. The molecule has 14 nitrogen and oxygen atoms in total. The third kappa shape index (κ3) is 9.49. The number of nitrogens with one attached hydrogen (secondary N) is 1. The van der Waals surface area contributed by atoms with Gasteiger partial charge in [0.15, 0.2) is 5.82 Å². The van der Waals surface area contributed by atoms with Crippen molar-refractivity contribution in [2.24, 2.45) is 7.05 Å². The fourth-order valence-electron chi connectivity index (χ4n) is 7.80. The van der Waals surface area contributed by atoms with Gasteiger partial charge in [0, 0.05) is 38.3 Å². The van der Waals surface area contributed by atoms with Crippen LogP contribution < -0.4 is 24.8 Å². The van der Waals surface area contributed by atoms with Crippen LogP contribution in [0.5, 0.6) is 5.75 Å². The normalized spacial score (nSPS) is 16.4. The number of sulfonamides is 1. The Morgan fingerprint density at radius 3 is 2.27 bits per heavy atom. The predicted molar refractivity (Wildman–Crippen MR) is 235 cm³/mol. The number of ether oxygens (including phenoxy) is 3. The minimum Gasteiger partial charge on any atom is -0.497 e. The number of aryl methyl sites for hydroxylation is 1. The van der Waals surface area contributed by atoms with Gasteiger partial charge in [-0.1, -0.05) is 23.7 Å². The van der Waals surface area contributed by atoms with E-state index >= 15 is 4.79 Å². The number of fused-ring (bicyclic) bond motifs is 2. The molecule has 18 heteroatoms. The van der Waals surface area contributed by atoms with Gasteiger partial charge in [0.2, 0.25) is 10.0 Å². The third-order valence-electron chi connectivity index (χ3n) is 10.3. The zero-order chi connectivity index (χ0) is 44.8. The van der Waals surface area contributed by atoms with Crippen molar-refractivity contribution in [2.45, 2.75) is 71.4 Å². The van der Waals surface area contributed by atoms with Crippen LogP contribution in [0.2, 0.25) is 5.02 Å². The summed E-state index contributed by atoms with van der Waals surface area (Å²) in [6, 6.07) is 17.0. The molecule has 0 unspecified atom stereocenters. The number of carbonyl (C=O) groups is 1. The van der Waals surface area contributed by atoms with Gasteiger partial charge in [-0.15, -0.1) is 0 Å². The number of carbonyl (C=O) groups excluding carboxylic acids is 1. The number of hydrogen-bond donors (Lipinski definition) is 1. The zero-order valence-corrected chi connectivity index (χ0v) is 37.1. The highest BCUT2D eigenvalue weighted by molar-refractivity contribution is 7.92. The molecular formula is C44H48ClF2N7O7S. The monoisotopic (exact) mass is 891 g/mol. The van der Waals surface area contributed by atoms with Crippen molar-refractivity contribution in [2.75, 3.05) is 35.7 Å². The van der Waals surface area contributed by atoms with Crippen LogP contribution in [0, 0.1) is 11.6 Å². The summed E-state index contributed by atoms with van der Waals surface area (Å²) in [4.78, 5) is 36.0. The lowest BCUT2D eigenvalue weighted by Gasteiger charge is -2.37. The van der Waals surface area contributed by atoms with E-state index in [0.29, 0.717) is 24.4 Å². The highest BCUT2D eigenvalue weighted by Gasteiger charge is 2.32. The molecule has 62 heavy (non-hydrogen) atoms. The number of benzene rings is 4. The smallest absolute Gasteiger partial charge is 0.408 e. The highest BCUT2D eigenvalue weighted by atomic mass is 35.5. The second kappa shape index (κ2) is 17.2. The first kappa shape index (κ1) is 44.3. The Morgan fingerprint density at radius 2 is 1.66 bits per heavy atom. The van der Waals surface area contributed by atoms with Gasteiger partial charge in [0.25, 0.3) is 5.56 Å². The molecule has 0 radical (unpaired) electrons. The highest BCUT2D eigenvalue weighted by Crippen LogP contribution is 2.38. The van der Waals surface area contributed by atoms with Crippen molar-refractivity contribution in [3.63, 3.8) is 0 Å². The van der Waals surface area contributed by atoms with Gasteiger partial charge in [-0.25, -0.2) is 31.3 Å². The lowest BCUT2D eigenvalue weighted by molar-refractivity contribution is -0.00521. The fraction of sp³-hybridized carbons (Fsp3) is 0.364. The average molecular weight is 892 g/mol. The van der Waals surface area contributed by atoms with E-state index in [1.54, 1.807) is 70.3 Å². The van der Waals surface area contributed by atoms with E-state index in [-0.39, 0.29) is 74.9 Å². The summed E-state index contributed by atoms with van der Waals surface area (Å²) in [5.41, 5.74) is 0.770. The molecule has 0 bridgehead atoms. The summed E-state index contributed by atoms with van der Waals surface area (Å²) in [7, 11) is -0.889. The van der Waals surface area contributed by atoms with E-state index < -0.39 is 45.0 Å². The van der Waals surface area contributed by atoms with Crippen molar-refractivity contribution in [3.05, 3.63) is 117 Å². The van der Waals surface area contributed by atoms with Crippen molar-refractivity contribution in [1.82, 2.24) is 24.6 Å². The number of aromatic nitrogens is 4. The van der Waals surface area contributed by atoms with Crippen LogP contribution in [0.25, 0.3) is 27.5 Å². The molecule has 1 amide bonds. The Balaban J connectivity index is 1.49. The minimum absolute atomic E-state index is 0.00621. The summed E-state index contributed by atoms with van der Waals surface area (Å²) in [5.74, 6) is -1.13. The lowest BCUT2D eigenvalue weighted by atomic mass is 10.0. The molecule has 1 N–H and O–H groups in total. The second-order valence-electron chi connectivity index (χ2n) is 16.5. The van der Waals surface area contributed by atoms with Gasteiger partial charge in [0.1, 0.15) is 28.8 Å². The molecule has 3 heterocycles. The number of halogens is 3. The van der Waals surface area contributed by atoms with Crippen LogP contribution in [-0.4, -0.2) is 78.1 Å². The van der Waals surface area contributed by atoms with Crippen LogP contribution in [0.15, 0.2) is 77.6 Å². The third-order valence-corrected chi connectivity index (χ3v) is 11.7. The molecule has 4 aromatic carbocycles. The molecule has 0 aliphatic carbocycles. The van der Waals surface area contributed by atoms with Crippen molar-refractivity contribution < 1.29 is 36.2 Å². The Bertz CT molecular complexity index is 2820. The summed E-state index contributed by atoms with van der Waals surface area (Å²) >= 11 is 6.94. The predicted octanol–water partition coefficient (Wildman–Crippen LogP) is 7.60. The Morgan fingerprint density at radius 1 is 1.00 bits per heavy atom. The van der Waals surface area contributed by atoms with E-state index in [2.05, 4.69) is 15.3 Å². The Hall–Kier alpha value is -5.78. The van der Waals surface area contributed by atoms with Gasteiger partial charge in [-0.05, 0) is 100 Å².